The Balaban J connectivity index is 1.90. The largest absolute Gasteiger partial charge is 0.493 e. The Morgan fingerprint density at radius 1 is 1.35 bits per heavy atom. The molecule has 0 saturated heterocycles. The number of aryl methyl sites for hydroxylation is 1. The molecule has 0 amide bonds. The Bertz CT molecular complexity index is 682. The van der Waals surface area contributed by atoms with E-state index in [2.05, 4.69) is 27.0 Å². The zero-order valence-corrected chi connectivity index (χ0v) is 12.7. The van der Waals surface area contributed by atoms with Crippen LogP contribution in [-0.2, 0) is 12.8 Å². The molecule has 0 fully saturated rings. The fraction of sp³-hybridized carbons (Fsp3) is 0.250. The molecule has 0 radical (unpaired) electrons. The van der Waals surface area contributed by atoms with E-state index in [0.29, 0.717) is 18.6 Å². The predicted molar refractivity (Wildman–Crippen MR) is 80.3 cm³/mol. The minimum Gasteiger partial charge on any atom is -0.493 e. The molecule has 0 aliphatic carbocycles. The van der Waals surface area contributed by atoms with Crippen LogP contribution in [0.5, 0.6) is 5.75 Å². The number of ether oxygens (including phenoxy) is 1. The first-order valence-corrected chi connectivity index (χ1v) is 7.32. The van der Waals surface area contributed by atoms with Crippen molar-refractivity contribution >= 4 is 21.7 Å². The Labute approximate surface area is 126 Å². The van der Waals surface area contributed by atoms with E-state index in [1.807, 2.05) is 19.1 Å². The van der Waals surface area contributed by atoms with Crippen LogP contribution in [0.3, 0.4) is 0 Å². The van der Waals surface area contributed by atoms with E-state index in [1.54, 1.807) is 12.4 Å². The summed E-state index contributed by atoms with van der Waals surface area (Å²) in [6.45, 7) is 2.63. The highest BCUT2D eigenvalue weighted by molar-refractivity contribution is 9.10. The lowest BCUT2D eigenvalue weighted by Gasteiger charge is -2.09. The summed E-state index contributed by atoms with van der Waals surface area (Å²) >= 11 is 3.49. The number of hydrogen-bond acceptors (Lipinski definition) is 3. The van der Waals surface area contributed by atoms with Crippen LogP contribution in [-0.4, -0.2) is 17.4 Å². The van der Waals surface area contributed by atoms with Gasteiger partial charge in [-0.2, -0.15) is 0 Å². The molecule has 0 saturated carbocycles. The van der Waals surface area contributed by atoms with E-state index in [9.17, 15) is 4.79 Å². The standard InChI is InChI=1S/C16H14BrNO2/c1-10-4-13(9-18-8-10)15(19)7-12-6-14(17)5-11-2-3-20-16(11)12/h4-6,8-9H,2-3,7H2,1H3. The zero-order chi connectivity index (χ0) is 14.1. The summed E-state index contributed by atoms with van der Waals surface area (Å²) in [5.41, 5.74) is 3.76. The molecule has 20 heavy (non-hydrogen) atoms. The summed E-state index contributed by atoms with van der Waals surface area (Å²) in [7, 11) is 0. The first-order chi connectivity index (χ1) is 9.63. The van der Waals surface area contributed by atoms with Crippen LogP contribution in [0.4, 0.5) is 0 Å². The van der Waals surface area contributed by atoms with Gasteiger partial charge in [-0.3, -0.25) is 9.78 Å². The van der Waals surface area contributed by atoms with E-state index in [0.717, 1.165) is 27.8 Å². The Kier molecular flexibility index (Phi) is 3.57. The van der Waals surface area contributed by atoms with Crippen molar-refractivity contribution in [3.05, 3.63) is 57.3 Å². The molecule has 4 heteroatoms. The number of pyridine rings is 1. The summed E-state index contributed by atoms with van der Waals surface area (Å²) in [6.07, 6.45) is 4.61. The molecule has 0 bridgehead atoms. The molecular weight excluding hydrogens is 318 g/mol. The number of nitrogens with zero attached hydrogens (tertiary/aromatic N) is 1. The van der Waals surface area contributed by atoms with Crippen molar-refractivity contribution in [2.75, 3.05) is 6.61 Å². The molecule has 2 aromatic rings. The summed E-state index contributed by atoms with van der Waals surface area (Å²) in [4.78, 5) is 16.4. The number of hydrogen-bond donors (Lipinski definition) is 0. The smallest absolute Gasteiger partial charge is 0.168 e. The van der Waals surface area contributed by atoms with E-state index in [1.165, 1.54) is 5.56 Å². The van der Waals surface area contributed by atoms with Crippen molar-refractivity contribution in [2.45, 2.75) is 19.8 Å². The van der Waals surface area contributed by atoms with Gasteiger partial charge in [0, 0.05) is 40.8 Å². The van der Waals surface area contributed by atoms with Crippen molar-refractivity contribution in [2.24, 2.45) is 0 Å². The number of Topliss-reactive ketones (excluding diaryl/α,β-unsaturated/α-hetero) is 1. The number of aromatic nitrogens is 1. The molecule has 0 spiro atoms. The third-order valence-electron chi connectivity index (χ3n) is 3.37. The van der Waals surface area contributed by atoms with Gasteiger partial charge in [0.05, 0.1) is 6.61 Å². The van der Waals surface area contributed by atoms with Gasteiger partial charge >= 0.3 is 0 Å². The maximum atomic E-state index is 12.4. The lowest BCUT2D eigenvalue weighted by Crippen LogP contribution is -2.06. The Hall–Kier alpha value is -1.68. The highest BCUT2D eigenvalue weighted by atomic mass is 79.9. The molecule has 1 aliphatic heterocycles. The normalized spacial score (nSPS) is 12.9. The van der Waals surface area contributed by atoms with Gasteiger partial charge in [-0.15, -0.1) is 0 Å². The van der Waals surface area contributed by atoms with Gasteiger partial charge in [-0.05, 0) is 36.2 Å². The number of ketones is 1. The first-order valence-electron chi connectivity index (χ1n) is 6.52. The Morgan fingerprint density at radius 3 is 3.00 bits per heavy atom. The number of rotatable bonds is 3. The van der Waals surface area contributed by atoms with Gasteiger partial charge in [0.25, 0.3) is 0 Å². The molecule has 0 N–H and O–H groups in total. The maximum Gasteiger partial charge on any atom is 0.168 e. The van der Waals surface area contributed by atoms with Crippen LogP contribution in [0.1, 0.15) is 27.0 Å². The number of carbonyl (C=O) groups is 1. The lowest BCUT2D eigenvalue weighted by atomic mass is 10.0. The number of benzene rings is 1. The van der Waals surface area contributed by atoms with Gasteiger partial charge < -0.3 is 4.74 Å². The molecule has 0 unspecified atom stereocenters. The van der Waals surface area contributed by atoms with Crippen LogP contribution in [0.2, 0.25) is 0 Å². The minimum atomic E-state index is 0.0667. The van der Waals surface area contributed by atoms with E-state index in [-0.39, 0.29) is 5.78 Å². The average molecular weight is 332 g/mol. The van der Waals surface area contributed by atoms with E-state index >= 15 is 0 Å². The zero-order valence-electron chi connectivity index (χ0n) is 11.1. The van der Waals surface area contributed by atoms with Gasteiger partial charge in [0.1, 0.15) is 5.75 Å². The predicted octanol–water partition coefficient (Wildman–Crippen LogP) is 3.51. The molecule has 3 rings (SSSR count). The summed E-state index contributed by atoms with van der Waals surface area (Å²) in [6, 6.07) is 5.89. The monoisotopic (exact) mass is 331 g/mol. The van der Waals surface area contributed by atoms with Crippen molar-refractivity contribution < 1.29 is 9.53 Å². The fourth-order valence-electron chi connectivity index (χ4n) is 2.46. The fourth-order valence-corrected chi connectivity index (χ4v) is 3.01. The van der Waals surface area contributed by atoms with Crippen LogP contribution < -0.4 is 4.74 Å². The molecule has 2 heterocycles. The van der Waals surface area contributed by atoms with Crippen molar-refractivity contribution in [3.8, 4) is 5.75 Å². The second-order valence-corrected chi connectivity index (χ2v) is 5.92. The van der Waals surface area contributed by atoms with Crippen LogP contribution in [0.15, 0.2) is 35.1 Å². The van der Waals surface area contributed by atoms with Crippen molar-refractivity contribution in [1.29, 1.82) is 0 Å². The average Bonchev–Trinajstić information content (AvgIpc) is 2.86. The molecular formula is C16H14BrNO2. The van der Waals surface area contributed by atoms with Crippen LogP contribution in [0.25, 0.3) is 0 Å². The maximum absolute atomic E-state index is 12.4. The van der Waals surface area contributed by atoms with Gasteiger partial charge in [0.2, 0.25) is 0 Å². The van der Waals surface area contributed by atoms with Crippen LogP contribution in [0, 0.1) is 6.92 Å². The van der Waals surface area contributed by atoms with Gasteiger partial charge in [-0.25, -0.2) is 0 Å². The first kappa shape index (κ1) is 13.3. The number of carbonyl (C=O) groups excluding carboxylic acids is 1. The third-order valence-corrected chi connectivity index (χ3v) is 3.83. The van der Waals surface area contributed by atoms with Crippen molar-refractivity contribution in [1.82, 2.24) is 4.98 Å². The minimum absolute atomic E-state index is 0.0667. The third kappa shape index (κ3) is 2.61. The van der Waals surface area contributed by atoms with Gasteiger partial charge in [0.15, 0.2) is 5.78 Å². The molecule has 1 aromatic carbocycles. The molecule has 0 atom stereocenters. The molecule has 102 valence electrons. The van der Waals surface area contributed by atoms with Gasteiger partial charge in [-0.1, -0.05) is 15.9 Å². The summed E-state index contributed by atoms with van der Waals surface area (Å²) in [5.74, 6) is 0.944. The molecule has 1 aliphatic rings. The number of fused-ring (bicyclic) bond motifs is 1. The van der Waals surface area contributed by atoms with E-state index < -0.39 is 0 Å². The van der Waals surface area contributed by atoms with Crippen molar-refractivity contribution in [3.63, 3.8) is 0 Å². The molecule has 1 aromatic heterocycles. The highest BCUT2D eigenvalue weighted by Gasteiger charge is 2.19. The second kappa shape index (κ2) is 5.37. The second-order valence-electron chi connectivity index (χ2n) is 5.00. The SMILES string of the molecule is Cc1cncc(C(=O)Cc2cc(Br)cc3c2OCC3)c1. The topological polar surface area (TPSA) is 39.2 Å². The Morgan fingerprint density at radius 2 is 2.20 bits per heavy atom. The van der Waals surface area contributed by atoms with E-state index in [4.69, 9.17) is 4.74 Å². The van der Waals surface area contributed by atoms with Crippen LogP contribution >= 0.6 is 15.9 Å². The molecule has 3 nitrogen and oxygen atoms in total. The quantitative estimate of drug-likeness (QED) is 0.808. The lowest BCUT2D eigenvalue weighted by molar-refractivity contribution is 0.0991. The highest BCUT2D eigenvalue weighted by Crippen LogP contribution is 2.33. The summed E-state index contributed by atoms with van der Waals surface area (Å²) in [5, 5.41) is 0. The number of halogens is 1. The summed E-state index contributed by atoms with van der Waals surface area (Å²) < 4.78 is 6.65.